The van der Waals surface area contributed by atoms with E-state index in [2.05, 4.69) is 120 Å². The standard InChI is InChI=1S/C40H28N4/c1-40(2,3)27-18-20-36-32(22-27)38-29-12-6-5-11-25(29)17-19-37(38)43(36)28-21-26(24-41)39(33(23-28)42-4)44-34-15-9-7-13-30(34)31-14-8-10-16-35(31)44/h5-23H,1-3H3. The molecule has 0 aliphatic rings. The van der Waals surface area contributed by atoms with E-state index in [0.29, 0.717) is 16.9 Å². The maximum atomic E-state index is 10.6. The van der Waals surface area contributed by atoms with Crippen molar-refractivity contribution in [1.82, 2.24) is 9.13 Å². The molecule has 6 aromatic carbocycles. The van der Waals surface area contributed by atoms with Crippen molar-refractivity contribution in [3.8, 4) is 17.4 Å². The zero-order chi connectivity index (χ0) is 30.2. The normalized spacial score (nSPS) is 11.9. The van der Waals surface area contributed by atoms with Gasteiger partial charge in [-0.1, -0.05) is 93.6 Å². The van der Waals surface area contributed by atoms with Crippen molar-refractivity contribution >= 4 is 60.1 Å². The molecule has 2 aromatic heterocycles. The van der Waals surface area contributed by atoms with Gasteiger partial charge in [0.2, 0.25) is 5.69 Å². The lowest BCUT2D eigenvalue weighted by Crippen LogP contribution is -2.10. The zero-order valence-electron chi connectivity index (χ0n) is 24.8. The largest absolute Gasteiger partial charge is 0.318 e. The van der Waals surface area contributed by atoms with E-state index < -0.39 is 0 Å². The van der Waals surface area contributed by atoms with Crippen molar-refractivity contribution in [2.75, 3.05) is 0 Å². The molecular formula is C40H28N4. The number of hydrogen-bond acceptors (Lipinski definition) is 1. The lowest BCUT2D eigenvalue weighted by atomic mass is 9.86. The molecular weight excluding hydrogens is 536 g/mol. The molecule has 0 radical (unpaired) electrons. The zero-order valence-corrected chi connectivity index (χ0v) is 24.8. The van der Waals surface area contributed by atoms with Crippen LogP contribution in [-0.2, 0) is 5.41 Å². The molecule has 8 aromatic rings. The van der Waals surface area contributed by atoms with Crippen LogP contribution in [-0.4, -0.2) is 9.13 Å². The van der Waals surface area contributed by atoms with Crippen molar-refractivity contribution in [3.63, 3.8) is 0 Å². The fourth-order valence-electron chi connectivity index (χ4n) is 6.84. The van der Waals surface area contributed by atoms with Gasteiger partial charge in [-0.2, -0.15) is 5.26 Å². The highest BCUT2D eigenvalue weighted by atomic mass is 15.0. The van der Waals surface area contributed by atoms with E-state index in [0.717, 1.165) is 38.5 Å². The quantitative estimate of drug-likeness (QED) is 0.192. The Labute approximate surface area is 255 Å². The van der Waals surface area contributed by atoms with Gasteiger partial charge in [0, 0.05) is 27.2 Å². The maximum Gasteiger partial charge on any atom is 0.214 e. The van der Waals surface area contributed by atoms with Gasteiger partial charge < -0.3 is 9.13 Å². The summed E-state index contributed by atoms with van der Waals surface area (Å²) in [6, 6.07) is 42.2. The van der Waals surface area contributed by atoms with Crippen LogP contribution in [0.25, 0.3) is 70.6 Å². The third-order valence-corrected chi connectivity index (χ3v) is 8.90. The van der Waals surface area contributed by atoms with Crippen molar-refractivity contribution in [1.29, 1.82) is 5.26 Å². The molecule has 4 nitrogen and oxygen atoms in total. The van der Waals surface area contributed by atoms with Crippen LogP contribution in [0.1, 0.15) is 31.9 Å². The van der Waals surface area contributed by atoms with Crippen LogP contribution in [0.3, 0.4) is 0 Å². The van der Waals surface area contributed by atoms with Crippen LogP contribution in [0.15, 0.2) is 115 Å². The van der Waals surface area contributed by atoms with Gasteiger partial charge in [0.1, 0.15) is 6.07 Å². The maximum absolute atomic E-state index is 10.6. The SMILES string of the molecule is [C-]#[N+]c1cc(-n2c3ccc(C(C)(C)C)cc3c3c4ccccc4ccc32)cc(C#N)c1-n1c2ccccc2c2ccccc21. The summed E-state index contributed by atoms with van der Waals surface area (Å²) in [5.74, 6) is 0. The van der Waals surface area contributed by atoms with Crippen LogP contribution in [0.5, 0.6) is 0 Å². The Hall–Kier alpha value is -5.84. The molecule has 2 heterocycles. The molecule has 0 spiro atoms. The van der Waals surface area contributed by atoms with E-state index in [1.165, 1.54) is 27.1 Å². The summed E-state index contributed by atoms with van der Waals surface area (Å²) >= 11 is 0. The molecule has 8 rings (SSSR count). The molecule has 0 N–H and O–H groups in total. The summed E-state index contributed by atoms with van der Waals surface area (Å²) in [5.41, 5.74) is 7.61. The molecule has 0 fully saturated rings. The number of benzene rings is 6. The first-order valence-corrected chi connectivity index (χ1v) is 14.8. The van der Waals surface area contributed by atoms with E-state index in [1.807, 2.05) is 36.4 Å². The molecule has 0 saturated heterocycles. The summed E-state index contributed by atoms with van der Waals surface area (Å²) in [6.45, 7) is 15.0. The van der Waals surface area contributed by atoms with Crippen LogP contribution in [0, 0.1) is 17.9 Å². The molecule has 0 amide bonds. The molecule has 44 heavy (non-hydrogen) atoms. The van der Waals surface area contributed by atoms with E-state index in [9.17, 15) is 5.26 Å². The Morgan fingerprint density at radius 3 is 1.91 bits per heavy atom. The van der Waals surface area contributed by atoms with Gasteiger partial charge in [0.25, 0.3) is 0 Å². The number of hydrogen-bond donors (Lipinski definition) is 0. The first-order chi connectivity index (χ1) is 21.4. The second-order valence-electron chi connectivity index (χ2n) is 12.5. The molecule has 0 aliphatic carbocycles. The predicted octanol–water partition coefficient (Wildman–Crippen LogP) is 10.8. The molecule has 0 aliphatic heterocycles. The van der Waals surface area contributed by atoms with Crippen molar-refractivity contribution in [3.05, 3.63) is 138 Å². The second-order valence-corrected chi connectivity index (χ2v) is 12.5. The Morgan fingerprint density at radius 2 is 1.25 bits per heavy atom. The minimum atomic E-state index is -0.0115. The number of rotatable bonds is 2. The average molecular weight is 565 g/mol. The molecule has 0 atom stereocenters. The average Bonchev–Trinajstić information content (AvgIpc) is 3.56. The minimum Gasteiger partial charge on any atom is -0.318 e. The van der Waals surface area contributed by atoms with Gasteiger partial charge in [-0.15, -0.1) is 0 Å². The minimum absolute atomic E-state index is 0.0115. The highest BCUT2D eigenvalue weighted by molar-refractivity contribution is 6.21. The van der Waals surface area contributed by atoms with Crippen molar-refractivity contribution < 1.29 is 0 Å². The van der Waals surface area contributed by atoms with Crippen LogP contribution < -0.4 is 0 Å². The summed E-state index contributed by atoms with van der Waals surface area (Å²) in [6.07, 6.45) is 0. The highest BCUT2D eigenvalue weighted by Crippen LogP contribution is 2.42. The first-order valence-electron chi connectivity index (χ1n) is 14.8. The fraction of sp³-hybridized carbons (Fsp3) is 0.100. The fourth-order valence-corrected chi connectivity index (χ4v) is 6.84. The summed E-state index contributed by atoms with van der Waals surface area (Å²) in [7, 11) is 0. The number of nitrogens with zero attached hydrogens (tertiary/aromatic N) is 4. The third kappa shape index (κ3) is 3.62. The van der Waals surface area contributed by atoms with Crippen LogP contribution in [0.4, 0.5) is 5.69 Å². The monoisotopic (exact) mass is 564 g/mol. The van der Waals surface area contributed by atoms with Crippen LogP contribution >= 0.6 is 0 Å². The Kier molecular flexibility index (Phi) is 5.48. The van der Waals surface area contributed by atoms with Gasteiger partial charge >= 0.3 is 0 Å². The van der Waals surface area contributed by atoms with E-state index in [4.69, 9.17) is 6.57 Å². The van der Waals surface area contributed by atoms with Gasteiger partial charge in [-0.3, -0.25) is 0 Å². The third-order valence-electron chi connectivity index (χ3n) is 8.90. The van der Waals surface area contributed by atoms with Gasteiger partial charge in [0.15, 0.2) is 0 Å². The Bertz CT molecular complexity index is 2470. The molecule has 0 bridgehead atoms. The summed E-state index contributed by atoms with van der Waals surface area (Å²) in [4.78, 5) is 4.04. The predicted molar refractivity (Wildman–Crippen MR) is 182 cm³/mol. The van der Waals surface area contributed by atoms with Crippen LogP contribution in [0.2, 0.25) is 0 Å². The smallest absolute Gasteiger partial charge is 0.214 e. The highest BCUT2D eigenvalue weighted by Gasteiger charge is 2.23. The Balaban J connectivity index is 1.49. The first kappa shape index (κ1) is 25.8. The van der Waals surface area contributed by atoms with Gasteiger partial charge in [-0.25, -0.2) is 4.85 Å². The summed E-state index contributed by atoms with van der Waals surface area (Å²) < 4.78 is 4.30. The van der Waals surface area contributed by atoms with E-state index in [1.54, 1.807) is 0 Å². The molecule has 4 heteroatoms. The number of para-hydroxylation sites is 2. The number of aromatic nitrogens is 2. The number of fused-ring (bicyclic) bond motifs is 8. The van der Waals surface area contributed by atoms with E-state index >= 15 is 0 Å². The molecule has 0 unspecified atom stereocenters. The Morgan fingerprint density at radius 1 is 0.636 bits per heavy atom. The summed E-state index contributed by atoms with van der Waals surface area (Å²) in [5, 5.41) is 17.5. The van der Waals surface area contributed by atoms with Gasteiger partial charge in [0.05, 0.1) is 39.9 Å². The lowest BCUT2D eigenvalue weighted by molar-refractivity contribution is 0.591. The topological polar surface area (TPSA) is 38.0 Å². The second kappa shape index (κ2) is 9.33. The van der Waals surface area contributed by atoms with Crippen molar-refractivity contribution in [2.45, 2.75) is 26.2 Å². The lowest BCUT2D eigenvalue weighted by Gasteiger charge is -2.19. The van der Waals surface area contributed by atoms with E-state index in [-0.39, 0.29) is 5.41 Å². The molecule has 0 saturated carbocycles. The number of nitriles is 1. The molecule has 208 valence electrons. The van der Waals surface area contributed by atoms with Gasteiger partial charge in [-0.05, 0) is 64.2 Å². The van der Waals surface area contributed by atoms with Crippen molar-refractivity contribution in [2.24, 2.45) is 0 Å².